The summed E-state index contributed by atoms with van der Waals surface area (Å²) in [5.74, 6) is 0.358. The summed E-state index contributed by atoms with van der Waals surface area (Å²) >= 11 is 1.64. The van der Waals surface area contributed by atoms with E-state index in [4.69, 9.17) is 24.7 Å². The number of nitrogens with two attached hydrogens (primary N) is 1. The third-order valence-electron chi connectivity index (χ3n) is 7.09. The predicted octanol–water partition coefficient (Wildman–Crippen LogP) is 1.65. The highest BCUT2D eigenvalue weighted by Gasteiger charge is 2.44. The van der Waals surface area contributed by atoms with E-state index >= 15 is 0 Å². The standard InChI is InChI=1S/C25H35N7O7S/c1-2-3-4-6-18(34)39-16-9-14(38-23(16)32-13-29-20-21(26)27-12-28-22(20)32)10-37-17(33)7-5-8-36-24-19-15(11-40-24)30-25(35)31-19/h12-16,19,23-24H,2-11H2,1H3,(H2,26,27,28)(H2,30,31,35)/t14-,15-,16?,19-,23+,24?/m0/s1. The number of carbonyl (C=O) groups is 3. The van der Waals surface area contributed by atoms with E-state index < -0.39 is 18.4 Å². The fraction of sp³-hybridized carbons (Fsp3) is 0.680. The van der Waals surface area contributed by atoms with Crippen LogP contribution in [0.15, 0.2) is 12.7 Å². The average Bonchev–Trinajstić information content (AvgIpc) is 3.70. The lowest BCUT2D eigenvalue weighted by Gasteiger charge is -2.20. The Kier molecular flexibility index (Phi) is 9.22. The van der Waals surface area contributed by atoms with E-state index in [1.807, 2.05) is 0 Å². The van der Waals surface area contributed by atoms with Crippen LogP contribution in [0.1, 0.15) is 58.1 Å². The molecule has 4 N–H and O–H groups in total. The van der Waals surface area contributed by atoms with Crippen LogP contribution in [0.4, 0.5) is 10.6 Å². The molecule has 0 radical (unpaired) electrons. The number of aromatic nitrogens is 4. The SMILES string of the molecule is CCCCCC(=O)OC1C[C@@H](COC(=O)CCCOC2SC[C@@H]3NC(=O)N[C@H]23)O[C@H]1n1cnc2c(N)ncnc21. The minimum atomic E-state index is -0.704. The number of fused-ring (bicyclic) bond motifs is 2. The minimum Gasteiger partial charge on any atom is -0.463 e. The summed E-state index contributed by atoms with van der Waals surface area (Å²) in [7, 11) is 0. The molecular formula is C25H35N7O7S. The van der Waals surface area contributed by atoms with Crippen LogP contribution in [0.2, 0.25) is 0 Å². The summed E-state index contributed by atoms with van der Waals surface area (Å²) in [6.45, 7) is 2.46. The lowest BCUT2D eigenvalue weighted by molar-refractivity contribution is -0.155. The van der Waals surface area contributed by atoms with Gasteiger partial charge in [-0.2, -0.15) is 0 Å². The van der Waals surface area contributed by atoms with Gasteiger partial charge in [0, 0.05) is 31.6 Å². The second-order valence-corrected chi connectivity index (χ2v) is 11.2. The van der Waals surface area contributed by atoms with Gasteiger partial charge >= 0.3 is 18.0 Å². The zero-order valence-corrected chi connectivity index (χ0v) is 23.1. The zero-order valence-electron chi connectivity index (χ0n) is 22.3. The molecule has 15 heteroatoms. The van der Waals surface area contributed by atoms with Gasteiger partial charge in [0.25, 0.3) is 0 Å². The smallest absolute Gasteiger partial charge is 0.315 e. The number of hydrogen-bond acceptors (Lipinski definition) is 12. The van der Waals surface area contributed by atoms with E-state index in [1.54, 1.807) is 16.3 Å². The van der Waals surface area contributed by atoms with Crippen LogP contribution in [0.5, 0.6) is 0 Å². The largest absolute Gasteiger partial charge is 0.463 e. The first-order valence-corrected chi connectivity index (χ1v) is 14.7. The number of amides is 2. The second kappa shape index (κ2) is 13.0. The topological polar surface area (TPSA) is 182 Å². The Bertz CT molecular complexity index is 1210. The third-order valence-corrected chi connectivity index (χ3v) is 8.40. The van der Waals surface area contributed by atoms with Gasteiger partial charge in [0.2, 0.25) is 0 Å². The molecule has 6 atom stereocenters. The highest BCUT2D eigenvalue weighted by Crippen LogP contribution is 2.34. The molecule has 5 rings (SSSR count). The van der Waals surface area contributed by atoms with E-state index in [9.17, 15) is 14.4 Å². The highest BCUT2D eigenvalue weighted by molar-refractivity contribution is 8.00. The Balaban J connectivity index is 1.11. The second-order valence-electron chi connectivity index (χ2n) is 10.1. The lowest BCUT2D eigenvalue weighted by atomic mass is 10.2. The van der Waals surface area contributed by atoms with Crippen molar-refractivity contribution in [3.05, 3.63) is 12.7 Å². The number of nitrogen functional groups attached to an aromatic ring is 1. The van der Waals surface area contributed by atoms with Crippen molar-refractivity contribution in [1.82, 2.24) is 30.2 Å². The Hall–Kier alpha value is -3.17. The van der Waals surface area contributed by atoms with Gasteiger partial charge in [-0.05, 0) is 12.8 Å². The van der Waals surface area contributed by atoms with Crippen molar-refractivity contribution in [1.29, 1.82) is 0 Å². The van der Waals surface area contributed by atoms with Gasteiger partial charge in [-0.15, -0.1) is 11.8 Å². The summed E-state index contributed by atoms with van der Waals surface area (Å²) < 4.78 is 25.0. The van der Waals surface area contributed by atoms with Crippen LogP contribution >= 0.6 is 11.8 Å². The molecule has 218 valence electrons. The molecule has 0 aromatic carbocycles. The highest BCUT2D eigenvalue weighted by atomic mass is 32.2. The number of ether oxygens (including phenoxy) is 4. The van der Waals surface area contributed by atoms with Crippen molar-refractivity contribution in [3.63, 3.8) is 0 Å². The summed E-state index contributed by atoms with van der Waals surface area (Å²) in [5.41, 5.74) is 6.68. The number of rotatable bonds is 13. The molecular weight excluding hydrogens is 542 g/mol. The maximum absolute atomic E-state index is 12.5. The minimum absolute atomic E-state index is 0.0176. The fourth-order valence-electron chi connectivity index (χ4n) is 5.06. The van der Waals surface area contributed by atoms with Gasteiger partial charge in [0.05, 0.1) is 24.5 Å². The summed E-state index contributed by atoms with van der Waals surface area (Å²) in [6.07, 6.45) is 5.11. The van der Waals surface area contributed by atoms with Crippen molar-refractivity contribution in [2.45, 2.75) is 87.8 Å². The molecule has 3 aliphatic heterocycles. The average molecular weight is 578 g/mol. The summed E-state index contributed by atoms with van der Waals surface area (Å²) in [6, 6.07) is -0.149. The fourth-order valence-corrected chi connectivity index (χ4v) is 6.41. The van der Waals surface area contributed by atoms with Gasteiger partial charge in [0.15, 0.2) is 17.7 Å². The number of esters is 2. The van der Waals surface area contributed by atoms with Gasteiger partial charge in [-0.3, -0.25) is 14.2 Å². The monoisotopic (exact) mass is 577 g/mol. The van der Waals surface area contributed by atoms with E-state index in [-0.39, 0.29) is 54.3 Å². The molecule has 3 fully saturated rings. The number of anilines is 1. The van der Waals surface area contributed by atoms with Crippen LogP contribution in [0.25, 0.3) is 11.2 Å². The number of urea groups is 1. The van der Waals surface area contributed by atoms with Crippen molar-refractivity contribution in [2.24, 2.45) is 0 Å². The number of unbranched alkanes of at least 4 members (excludes halogenated alkanes) is 2. The molecule has 0 bridgehead atoms. The number of nitrogens with one attached hydrogen (secondary N) is 2. The number of nitrogens with zero attached hydrogens (tertiary/aromatic N) is 4. The van der Waals surface area contributed by atoms with Gasteiger partial charge in [-0.25, -0.2) is 19.7 Å². The van der Waals surface area contributed by atoms with Gasteiger partial charge in [-0.1, -0.05) is 19.8 Å². The van der Waals surface area contributed by atoms with Crippen molar-refractivity contribution >= 4 is 46.7 Å². The molecule has 3 aliphatic rings. The van der Waals surface area contributed by atoms with E-state index in [1.165, 1.54) is 12.7 Å². The molecule has 2 amide bonds. The quantitative estimate of drug-likeness (QED) is 0.178. The van der Waals surface area contributed by atoms with Crippen LogP contribution in [-0.4, -0.2) is 86.2 Å². The van der Waals surface area contributed by atoms with Crippen molar-refractivity contribution in [3.8, 4) is 0 Å². The summed E-state index contributed by atoms with van der Waals surface area (Å²) in [4.78, 5) is 49.0. The lowest BCUT2D eigenvalue weighted by Crippen LogP contribution is -2.38. The van der Waals surface area contributed by atoms with Crippen LogP contribution in [-0.2, 0) is 28.5 Å². The first kappa shape index (κ1) is 28.4. The molecule has 2 unspecified atom stereocenters. The van der Waals surface area contributed by atoms with Crippen LogP contribution in [0.3, 0.4) is 0 Å². The Labute approximate surface area is 235 Å². The number of imidazole rings is 1. The number of thioether (sulfide) groups is 1. The molecule has 2 aromatic heterocycles. The Morgan fingerprint density at radius 2 is 2.02 bits per heavy atom. The molecule has 0 saturated carbocycles. The van der Waals surface area contributed by atoms with Gasteiger partial charge in [0.1, 0.15) is 30.0 Å². The first-order chi connectivity index (χ1) is 19.4. The molecule has 0 spiro atoms. The van der Waals surface area contributed by atoms with E-state index in [0.29, 0.717) is 37.0 Å². The molecule has 2 aromatic rings. The molecule has 40 heavy (non-hydrogen) atoms. The van der Waals surface area contributed by atoms with Crippen molar-refractivity contribution < 1.29 is 33.3 Å². The zero-order chi connectivity index (χ0) is 28.1. The van der Waals surface area contributed by atoms with Crippen LogP contribution < -0.4 is 16.4 Å². The summed E-state index contributed by atoms with van der Waals surface area (Å²) in [5, 5.41) is 5.73. The maximum atomic E-state index is 12.5. The number of carbonyl (C=O) groups excluding carboxylic acids is 3. The number of hydrogen-bond donors (Lipinski definition) is 3. The Morgan fingerprint density at radius 3 is 2.88 bits per heavy atom. The molecule has 3 saturated heterocycles. The molecule has 14 nitrogen and oxygen atoms in total. The predicted molar refractivity (Wildman–Crippen MR) is 144 cm³/mol. The first-order valence-electron chi connectivity index (χ1n) is 13.7. The van der Waals surface area contributed by atoms with Crippen LogP contribution in [0, 0.1) is 0 Å². The maximum Gasteiger partial charge on any atom is 0.315 e. The molecule has 0 aliphatic carbocycles. The molecule has 5 heterocycles. The Morgan fingerprint density at radius 1 is 1.18 bits per heavy atom. The van der Waals surface area contributed by atoms with Gasteiger partial charge < -0.3 is 35.3 Å². The van der Waals surface area contributed by atoms with E-state index in [2.05, 4.69) is 32.5 Å². The third kappa shape index (κ3) is 6.58. The van der Waals surface area contributed by atoms with E-state index in [0.717, 1.165) is 25.0 Å². The normalized spacial score (nSPS) is 27.4. The van der Waals surface area contributed by atoms with Crippen molar-refractivity contribution in [2.75, 3.05) is 24.7 Å².